The number of para-hydroxylation sites is 1. The zero-order valence-corrected chi connectivity index (χ0v) is 14.6. The molecule has 0 saturated carbocycles. The fourth-order valence-corrected chi connectivity index (χ4v) is 2.67. The van der Waals surface area contributed by atoms with E-state index >= 15 is 0 Å². The van der Waals surface area contributed by atoms with Gasteiger partial charge in [0.25, 0.3) is 5.56 Å². The minimum atomic E-state index is -0.484. The highest BCUT2D eigenvalue weighted by Crippen LogP contribution is 2.15. The summed E-state index contributed by atoms with van der Waals surface area (Å²) in [6, 6.07) is 11.9. The van der Waals surface area contributed by atoms with Gasteiger partial charge in [-0.3, -0.25) is 19.0 Å². The van der Waals surface area contributed by atoms with Crippen LogP contribution in [0.15, 0.2) is 53.6 Å². The van der Waals surface area contributed by atoms with Crippen molar-refractivity contribution >= 4 is 22.7 Å². The topological polar surface area (TPSA) is 78.3 Å². The van der Waals surface area contributed by atoms with Crippen LogP contribution in [0.1, 0.15) is 29.3 Å². The van der Waals surface area contributed by atoms with E-state index in [2.05, 4.69) is 4.98 Å². The second-order valence-electron chi connectivity index (χ2n) is 6.02. The summed E-state index contributed by atoms with van der Waals surface area (Å²) >= 11 is 0. The molecule has 1 aromatic heterocycles. The van der Waals surface area contributed by atoms with Gasteiger partial charge in [0.1, 0.15) is 5.75 Å². The quantitative estimate of drug-likeness (QED) is 0.402. The Hall–Kier alpha value is -3.28. The first-order valence-electron chi connectivity index (χ1n) is 8.22. The Balaban J connectivity index is 1.71. The Morgan fingerprint density at radius 1 is 1.15 bits per heavy atom. The van der Waals surface area contributed by atoms with Crippen molar-refractivity contribution in [2.24, 2.45) is 0 Å². The standard InChI is InChI=1S/C20H18N2O4/c1-13-5-3-8-17-19(13)21-12-22(20(17)25)10-9-18(24)26-16-7-4-6-15(11-16)14(2)23/h3-8,11-12H,9-10H2,1-2H3. The first-order chi connectivity index (χ1) is 12.5. The average molecular weight is 350 g/mol. The Labute approximate surface area is 150 Å². The van der Waals surface area contributed by atoms with E-state index in [9.17, 15) is 14.4 Å². The van der Waals surface area contributed by atoms with Crippen LogP contribution in [0.2, 0.25) is 0 Å². The summed E-state index contributed by atoms with van der Waals surface area (Å²) in [4.78, 5) is 40.2. The Morgan fingerprint density at radius 3 is 2.69 bits per heavy atom. The van der Waals surface area contributed by atoms with Gasteiger partial charge in [0.15, 0.2) is 5.78 Å². The molecule has 1 heterocycles. The van der Waals surface area contributed by atoms with E-state index in [4.69, 9.17) is 4.74 Å². The predicted molar refractivity (Wildman–Crippen MR) is 97.4 cm³/mol. The smallest absolute Gasteiger partial charge is 0.312 e. The number of ether oxygens (including phenoxy) is 1. The van der Waals surface area contributed by atoms with E-state index in [-0.39, 0.29) is 24.3 Å². The van der Waals surface area contributed by atoms with Crippen LogP contribution in [0.5, 0.6) is 5.75 Å². The number of Topliss-reactive ketones (excluding diaryl/α,β-unsaturated/α-hetero) is 1. The molecule has 0 atom stereocenters. The van der Waals surface area contributed by atoms with Crippen LogP contribution in [0, 0.1) is 6.92 Å². The number of nitrogens with zero attached hydrogens (tertiary/aromatic N) is 2. The molecule has 132 valence electrons. The van der Waals surface area contributed by atoms with E-state index in [1.54, 1.807) is 30.3 Å². The molecule has 0 aliphatic heterocycles. The molecule has 6 heteroatoms. The van der Waals surface area contributed by atoms with Crippen molar-refractivity contribution in [3.8, 4) is 5.75 Å². The van der Waals surface area contributed by atoms with Gasteiger partial charge in [-0.15, -0.1) is 0 Å². The zero-order chi connectivity index (χ0) is 18.7. The van der Waals surface area contributed by atoms with Crippen LogP contribution >= 0.6 is 0 Å². The monoisotopic (exact) mass is 350 g/mol. The van der Waals surface area contributed by atoms with E-state index in [0.717, 1.165) is 5.56 Å². The van der Waals surface area contributed by atoms with Gasteiger partial charge in [-0.05, 0) is 37.6 Å². The molecule has 3 aromatic rings. The van der Waals surface area contributed by atoms with Gasteiger partial charge in [-0.2, -0.15) is 0 Å². The highest BCUT2D eigenvalue weighted by Gasteiger charge is 2.10. The maximum absolute atomic E-state index is 12.5. The molecule has 0 fully saturated rings. The molecule has 0 bridgehead atoms. The van der Waals surface area contributed by atoms with Crippen LogP contribution in [-0.4, -0.2) is 21.3 Å². The summed E-state index contributed by atoms with van der Waals surface area (Å²) in [7, 11) is 0. The average Bonchev–Trinajstić information content (AvgIpc) is 2.62. The number of rotatable bonds is 5. The summed E-state index contributed by atoms with van der Waals surface area (Å²) in [6.07, 6.45) is 1.46. The van der Waals surface area contributed by atoms with E-state index in [1.807, 2.05) is 13.0 Å². The van der Waals surface area contributed by atoms with Crippen molar-refractivity contribution in [2.75, 3.05) is 0 Å². The SMILES string of the molecule is CC(=O)c1cccc(OC(=O)CCn2cnc3c(C)cccc3c2=O)c1. The van der Waals surface area contributed by atoms with Gasteiger partial charge in [-0.25, -0.2) is 4.98 Å². The number of hydrogen-bond acceptors (Lipinski definition) is 5. The third-order valence-corrected chi connectivity index (χ3v) is 4.08. The molecule has 0 aliphatic carbocycles. The Bertz CT molecular complexity index is 1050. The largest absolute Gasteiger partial charge is 0.426 e. The second kappa shape index (κ2) is 7.31. The summed E-state index contributed by atoms with van der Waals surface area (Å²) in [5, 5.41) is 0.523. The molecule has 3 rings (SSSR count). The lowest BCUT2D eigenvalue weighted by Crippen LogP contribution is -2.23. The molecule has 0 amide bonds. The minimum Gasteiger partial charge on any atom is -0.426 e. The first kappa shape index (κ1) is 17.5. The lowest BCUT2D eigenvalue weighted by molar-refractivity contribution is -0.134. The summed E-state index contributed by atoms with van der Waals surface area (Å²) in [6.45, 7) is 3.51. The van der Waals surface area contributed by atoms with E-state index < -0.39 is 5.97 Å². The first-order valence-corrected chi connectivity index (χ1v) is 8.22. The highest BCUT2D eigenvalue weighted by molar-refractivity contribution is 5.94. The van der Waals surface area contributed by atoms with Crippen LogP contribution < -0.4 is 10.3 Å². The van der Waals surface area contributed by atoms with Gasteiger partial charge in [0, 0.05) is 12.1 Å². The molecular weight excluding hydrogens is 332 g/mol. The van der Waals surface area contributed by atoms with Gasteiger partial charge in [-0.1, -0.05) is 24.3 Å². The molecule has 0 spiro atoms. The van der Waals surface area contributed by atoms with Crippen molar-refractivity contribution in [3.63, 3.8) is 0 Å². The lowest BCUT2D eigenvalue weighted by Gasteiger charge is -2.08. The van der Waals surface area contributed by atoms with Gasteiger partial charge >= 0.3 is 5.97 Å². The van der Waals surface area contributed by atoms with Crippen molar-refractivity contribution in [2.45, 2.75) is 26.8 Å². The molecule has 0 radical (unpaired) electrons. The van der Waals surface area contributed by atoms with Crippen LogP contribution in [0.25, 0.3) is 10.9 Å². The molecule has 0 N–H and O–H groups in total. The summed E-state index contributed by atoms with van der Waals surface area (Å²) in [5.74, 6) is -0.281. The molecule has 2 aromatic carbocycles. The van der Waals surface area contributed by atoms with Crippen LogP contribution in [0.4, 0.5) is 0 Å². The Kier molecular flexibility index (Phi) is 4.93. The van der Waals surface area contributed by atoms with Crippen molar-refractivity contribution in [1.29, 1.82) is 0 Å². The number of hydrogen-bond donors (Lipinski definition) is 0. The fraction of sp³-hybridized carbons (Fsp3) is 0.200. The molecule has 0 unspecified atom stereocenters. The summed E-state index contributed by atoms with van der Waals surface area (Å²) in [5.41, 5.74) is 1.87. The van der Waals surface area contributed by atoms with Gasteiger partial charge < -0.3 is 4.74 Å². The van der Waals surface area contributed by atoms with Crippen molar-refractivity contribution in [3.05, 3.63) is 70.3 Å². The van der Waals surface area contributed by atoms with Gasteiger partial charge in [0.05, 0.1) is 23.7 Å². The third-order valence-electron chi connectivity index (χ3n) is 4.08. The van der Waals surface area contributed by atoms with E-state index in [0.29, 0.717) is 22.2 Å². The summed E-state index contributed by atoms with van der Waals surface area (Å²) < 4.78 is 6.64. The number of ketones is 1. The number of esters is 1. The fourth-order valence-electron chi connectivity index (χ4n) is 2.67. The number of carbonyl (C=O) groups excluding carboxylic acids is 2. The lowest BCUT2D eigenvalue weighted by atomic mass is 10.1. The number of aryl methyl sites for hydroxylation is 2. The number of benzene rings is 2. The van der Waals surface area contributed by atoms with E-state index in [1.165, 1.54) is 23.9 Å². The molecule has 6 nitrogen and oxygen atoms in total. The predicted octanol–water partition coefficient (Wildman–Crippen LogP) is 2.90. The number of aromatic nitrogens is 2. The molecule has 26 heavy (non-hydrogen) atoms. The third kappa shape index (κ3) is 3.69. The second-order valence-corrected chi connectivity index (χ2v) is 6.02. The molecular formula is C20H18N2O4. The Morgan fingerprint density at radius 2 is 1.92 bits per heavy atom. The minimum absolute atomic E-state index is 0.0171. The highest BCUT2D eigenvalue weighted by atomic mass is 16.5. The number of fused-ring (bicyclic) bond motifs is 1. The normalized spacial score (nSPS) is 10.7. The maximum Gasteiger partial charge on any atom is 0.312 e. The molecule has 0 aliphatic rings. The van der Waals surface area contributed by atoms with Crippen molar-refractivity contribution < 1.29 is 14.3 Å². The zero-order valence-electron chi connectivity index (χ0n) is 14.6. The van der Waals surface area contributed by atoms with Crippen LogP contribution in [-0.2, 0) is 11.3 Å². The maximum atomic E-state index is 12.5. The molecule has 0 saturated heterocycles. The number of carbonyl (C=O) groups is 2. The van der Waals surface area contributed by atoms with Gasteiger partial charge in [0.2, 0.25) is 0 Å². The van der Waals surface area contributed by atoms with Crippen LogP contribution in [0.3, 0.4) is 0 Å². The van der Waals surface area contributed by atoms with Crippen molar-refractivity contribution in [1.82, 2.24) is 9.55 Å².